The van der Waals surface area contributed by atoms with E-state index in [0.29, 0.717) is 6.54 Å². The maximum Gasteiger partial charge on any atom is 0.329 e. The van der Waals surface area contributed by atoms with E-state index in [2.05, 4.69) is 10.2 Å². The Balaban J connectivity index is 2.21. The van der Waals surface area contributed by atoms with Crippen molar-refractivity contribution >= 4 is 5.97 Å². The summed E-state index contributed by atoms with van der Waals surface area (Å²) in [6, 6.07) is 9.51. The van der Waals surface area contributed by atoms with Gasteiger partial charge in [-0.25, -0.2) is 4.79 Å². The summed E-state index contributed by atoms with van der Waals surface area (Å²) in [6.07, 6.45) is 6.13. The smallest absolute Gasteiger partial charge is 0.329 e. The van der Waals surface area contributed by atoms with Crippen molar-refractivity contribution in [3.05, 3.63) is 35.9 Å². The summed E-state index contributed by atoms with van der Waals surface area (Å²) in [7, 11) is 1.74. The van der Waals surface area contributed by atoms with E-state index in [1.807, 2.05) is 30.3 Å². The number of hydrogen-bond acceptors (Lipinski definition) is 3. The van der Waals surface area contributed by atoms with Crippen molar-refractivity contribution in [3.8, 4) is 0 Å². The fourth-order valence-electron chi connectivity index (χ4n) is 3.14. The van der Waals surface area contributed by atoms with Crippen LogP contribution in [0.5, 0.6) is 0 Å². The highest BCUT2D eigenvalue weighted by Crippen LogP contribution is 2.24. The summed E-state index contributed by atoms with van der Waals surface area (Å²) in [5, 5.41) is 12.9. The zero-order valence-corrected chi connectivity index (χ0v) is 12.8. The maximum atomic E-state index is 12.0. The number of likely N-dealkylation sites (N-methyl/N-ethyl adjacent to an activating group) is 1. The molecule has 116 valence electrons. The number of carbonyl (C=O) groups is 1. The first kappa shape index (κ1) is 16.0. The molecule has 2 N–H and O–H groups in total. The molecule has 0 bridgehead atoms. The van der Waals surface area contributed by atoms with Gasteiger partial charge in [0, 0.05) is 6.54 Å². The predicted molar refractivity (Wildman–Crippen MR) is 84.3 cm³/mol. The zero-order chi connectivity index (χ0) is 15.1. The molecule has 1 atom stereocenters. The highest BCUT2D eigenvalue weighted by atomic mass is 16.4. The SMILES string of the molecule is CNC(CN1CCCCCCC1)(C(=O)O)c1ccccc1. The molecule has 0 amide bonds. The molecule has 4 heteroatoms. The molecule has 2 rings (SSSR count). The molecule has 1 heterocycles. The van der Waals surface area contributed by atoms with E-state index in [9.17, 15) is 9.90 Å². The van der Waals surface area contributed by atoms with Gasteiger partial charge >= 0.3 is 5.97 Å². The third-order valence-corrected chi connectivity index (χ3v) is 4.47. The standard InChI is InChI=1S/C17H26N2O2/c1-18-17(16(20)21,15-10-6-5-7-11-15)14-19-12-8-3-2-4-9-13-19/h5-7,10-11,18H,2-4,8-9,12-14H2,1H3,(H,20,21). The average Bonchev–Trinajstić information content (AvgIpc) is 2.47. The molecule has 1 aromatic rings. The Morgan fingerprint density at radius 2 is 1.71 bits per heavy atom. The highest BCUT2D eigenvalue weighted by molar-refractivity contribution is 5.81. The summed E-state index contributed by atoms with van der Waals surface area (Å²) >= 11 is 0. The number of likely N-dealkylation sites (tertiary alicyclic amines) is 1. The van der Waals surface area contributed by atoms with E-state index in [4.69, 9.17) is 0 Å². The second kappa shape index (κ2) is 7.57. The predicted octanol–water partition coefficient (Wildman–Crippen LogP) is 2.45. The molecule has 1 aliphatic heterocycles. The number of hydrogen-bond donors (Lipinski definition) is 2. The molecule has 1 aliphatic rings. The van der Waals surface area contributed by atoms with Crippen LogP contribution in [0.2, 0.25) is 0 Å². The largest absolute Gasteiger partial charge is 0.480 e. The van der Waals surface area contributed by atoms with Gasteiger partial charge in [0.15, 0.2) is 5.54 Å². The molecular weight excluding hydrogens is 264 g/mol. The normalized spacial score (nSPS) is 20.2. The van der Waals surface area contributed by atoms with Crippen LogP contribution in [0.15, 0.2) is 30.3 Å². The number of carboxylic acid groups (broad SMARTS) is 1. The number of carboxylic acids is 1. The lowest BCUT2D eigenvalue weighted by atomic mass is 9.89. The highest BCUT2D eigenvalue weighted by Gasteiger charge is 2.40. The number of benzene rings is 1. The van der Waals surface area contributed by atoms with Gasteiger partial charge in [0.1, 0.15) is 0 Å². The van der Waals surface area contributed by atoms with Gasteiger partial charge in [-0.05, 0) is 38.5 Å². The lowest BCUT2D eigenvalue weighted by Crippen LogP contribution is -2.55. The Kier molecular flexibility index (Phi) is 5.76. The number of rotatable bonds is 5. The van der Waals surface area contributed by atoms with Gasteiger partial charge < -0.3 is 15.3 Å². The van der Waals surface area contributed by atoms with Crippen LogP contribution in [0.3, 0.4) is 0 Å². The van der Waals surface area contributed by atoms with Crippen LogP contribution in [0, 0.1) is 0 Å². The molecule has 21 heavy (non-hydrogen) atoms. The van der Waals surface area contributed by atoms with Crippen LogP contribution >= 0.6 is 0 Å². The molecule has 0 spiro atoms. The molecule has 1 aromatic carbocycles. The molecule has 0 aliphatic carbocycles. The minimum absolute atomic E-state index is 0.517. The second-order valence-corrected chi connectivity index (χ2v) is 5.87. The lowest BCUT2D eigenvalue weighted by molar-refractivity contribution is -0.146. The van der Waals surface area contributed by atoms with Crippen LogP contribution in [0.4, 0.5) is 0 Å². The van der Waals surface area contributed by atoms with Crippen LogP contribution in [-0.2, 0) is 10.3 Å². The molecule has 1 saturated heterocycles. The van der Waals surface area contributed by atoms with Gasteiger partial charge in [-0.2, -0.15) is 0 Å². The Bertz CT molecular complexity index is 441. The molecule has 0 saturated carbocycles. The molecule has 1 unspecified atom stereocenters. The Labute approximate surface area is 127 Å². The zero-order valence-electron chi connectivity index (χ0n) is 12.8. The quantitative estimate of drug-likeness (QED) is 0.874. The van der Waals surface area contributed by atoms with Gasteiger partial charge in [-0.15, -0.1) is 0 Å². The van der Waals surface area contributed by atoms with E-state index in [0.717, 1.165) is 31.5 Å². The second-order valence-electron chi connectivity index (χ2n) is 5.87. The van der Waals surface area contributed by atoms with Crippen molar-refractivity contribution in [2.24, 2.45) is 0 Å². The summed E-state index contributed by atoms with van der Waals surface area (Å²) in [5.41, 5.74) is -0.206. The van der Waals surface area contributed by atoms with Crippen molar-refractivity contribution in [3.63, 3.8) is 0 Å². The average molecular weight is 290 g/mol. The van der Waals surface area contributed by atoms with E-state index in [1.165, 1.54) is 19.3 Å². The summed E-state index contributed by atoms with van der Waals surface area (Å²) in [4.78, 5) is 14.3. The molecule has 1 fully saturated rings. The fourth-order valence-corrected chi connectivity index (χ4v) is 3.14. The third-order valence-electron chi connectivity index (χ3n) is 4.47. The molecule has 0 aromatic heterocycles. The van der Waals surface area contributed by atoms with Crippen molar-refractivity contribution in [1.82, 2.24) is 10.2 Å². The Morgan fingerprint density at radius 1 is 1.14 bits per heavy atom. The fraction of sp³-hybridized carbons (Fsp3) is 0.588. The first-order valence-electron chi connectivity index (χ1n) is 7.89. The van der Waals surface area contributed by atoms with E-state index in [-0.39, 0.29) is 0 Å². The van der Waals surface area contributed by atoms with Gasteiger partial charge in [-0.1, -0.05) is 49.6 Å². The molecule has 0 radical (unpaired) electrons. The summed E-state index contributed by atoms with van der Waals surface area (Å²) < 4.78 is 0. The Hall–Kier alpha value is -1.39. The molecule has 4 nitrogen and oxygen atoms in total. The maximum absolute atomic E-state index is 12.0. The topological polar surface area (TPSA) is 52.6 Å². The lowest BCUT2D eigenvalue weighted by Gasteiger charge is -2.36. The minimum atomic E-state index is -1.03. The first-order valence-corrected chi connectivity index (χ1v) is 7.89. The van der Waals surface area contributed by atoms with Crippen LogP contribution < -0.4 is 5.32 Å². The van der Waals surface area contributed by atoms with Crippen molar-refractivity contribution in [1.29, 1.82) is 0 Å². The first-order chi connectivity index (χ1) is 10.2. The van der Waals surface area contributed by atoms with E-state index >= 15 is 0 Å². The van der Waals surface area contributed by atoms with Crippen LogP contribution in [0.1, 0.15) is 37.7 Å². The number of aliphatic carboxylic acids is 1. The minimum Gasteiger partial charge on any atom is -0.480 e. The summed E-state index contributed by atoms with van der Waals surface area (Å²) in [6.45, 7) is 2.50. The van der Waals surface area contributed by atoms with E-state index < -0.39 is 11.5 Å². The van der Waals surface area contributed by atoms with Gasteiger partial charge in [-0.3, -0.25) is 0 Å². The van der Waals surface area contributed by atoms with Crippen molar-refractivity contribution in [2.75, 3.05) is 26.7 Å². The Morgan fingerprint density at radius 3 is 2.24 bits per heavy atom. The number of nitrogens with one attached hydrogen (secondary N) is 1. The third kappa shape index (κ3) is 3.83. The number of nitrogens with zero attached hydrogens (tertiary/aromatic N) is 1. The van der Waals surface area contributed by atoms with Gasteiger partial charge in [0.05, 0.1) is 0 Å². The summed E-state index contributed by atoms with van der Waals surface area (Å²) in [5.74, 6) is -0.807. The van der Waals surface area contributed by atoms with Crippen LogP contribution in [0.25, 0.3) is 0 Å². The van der Waals surface area contributed by atoms with Gasteiger partial charge in [0.2, 0.25) is 0 Å². The molecular formula is C17H26N2O2. The van der Waals surface area contributed by atoms with E-state index in [1.54, 1.807) is 7.05 Å². The van der Waals surface area contributed by atoms with Crippen molar-refractivity contribution in [2.45, 2.75) is 37.6 Å². The van der Waals surface area contributed by atoms with Gasteiger partial charge in [0.25, 0.3) is 0 Å². The van der Waals surface area contributed by atoms with Crippen LogP contribution in [-0.4, -0.2) is 42.7 Å². The monoisotopic (exact) mass is 290 g/mol. The van der Waals surface area contributed by atoms with Crippen molar-refractivity contribution < 1.29 is 9.90 Å².